The quantitative estimate of drug-likeness (QED) is 0.140. The van der Waals surface area contributed by atoms with Crippen LogP contribution in [-0.2, 0) is 10.8 Å². The molecule has 2 aliphatic carbocycles. The van der Waals surface area contributed by atoms with Gasteiger partial charge >= 0.3 is 0 Å². The molecule has 440 valence electrons. The summed E-state index contributed by atoms with van der Waals surface area (Å²) in [5.74, 6) is 0.798. The molecule has 0 aromatic heterocycles. The average molecular weight is 1180 g/mol. The minimum Gasteiger partial charge on any atom is -0.310 e. The lowest BCUT2D eigenvalue weighted by atomic mass is 9.81. The van der Waals surface area contributed by atoms with Crippen molar-refractivity contribution in [2.24, 2.45) is 0 Å². The summed E-state index contributed by atoms with van der Waals surface area (Å²) in [5, 5.41) is 22.9. The van der Waals surface area contributed by atoms with E-state index < -0.39 is 0 Å². The van der Waals surface area contributed by atoms with Crippen LogP contribution in [0.25, 0.3) is 119 Å². The number of hydrogen-bond donors (Lipinski definition) is 0. The molecule has 16 aromatic carbocycles. The highest BCUT2D eigenvalue weighted by Gasteiger charge is 2.39. The summed E-state index contributed by atoms with van der Waals surface area (Å²) in [6, 6.07) is 103. The zero-order valence-corrected chi connectivity index (χ0v) is 53.5. The van der Waals surface area contributed by atoms with Crippen molar-refractivity contribution in [3.63, 3.8) is 0 Å². The molecule has 92 heavy (non-hydrogen) atoms. The van der Waals surface area contributed by atoms with E-state index >= 15 is 0 Å². The fraction of sp³-hybridized carbons (Fsp3) is 0.133. The SMILES string of the molecule is CC(C)c1ccc(N(c2ccc3c(c2)-c2cc4c5ccccc5c5ccccc5c4cc2C3(C)C)c2cc3c4ccccc4c(N(c4ccc(C(C)C)cc4)c4ccc5c(c4)-c4cc6c7ccccc7c7ccccc7c6cc4C5(C)C)cc3c3ccccc23)cc1. The van der Waals surface area contributed by atoms with Gasteiger partial charge in [0.15, 0.2) is 0 Å². The summed E-state index contributed by atoms with van der Waals surface area (Å²) in [7, 11) is 0. The Labute approximate surface area is 538 Å². The van der Waals surface area contributed by atoms with Gasteiger partial charge in [0.1, 0.15) is 0 Å². The van der Waals surface area contributed by atoms with Crippen LogP contribution in [0.1, 0.15) is 101 Å². The van der Waals surface area contributed by atoms with E-state index in [2.05, 4.69) is 332 Å². The van der Waals surface area contributed by atoms with Gasteiger partial charge in [-0.25, -0.2) is 0 Å². The number of hydrogen-bond acceptors (Lipinski definition) is 2. The molecular formula is C90H70N2. The number of nitrogens with zero attached hydrogens (tertiary/aromatic N) is 2. The first kappa shape index (κ1) is 54.4. The van der Waals surface area contributed by atoms with Gasteiger partial charge in [0, 0.05) is 44.4 Å². The molecule has 0 heterocycles. The maximum atomic E-state index is 2.55. The molecule has 2 aliphatic rings. The van der Waals surface area contributed by atoms with Crippen LogP contribution in [0.5, 0.6) is 0 Å². The second-order valence-corrected chi connectivity index (χ2v) is 27.9. The van der Waals surface area contributed by atoms with Gasteiger partial charge in [0.05, 0.1) is 11.4 Å². The van der Waals surface area contributed by atoms with Crippen LogP contribution in [0.3, 0.4) is 0 Å². The second-order valence-electron chi connectivity index (χ2n) is 27.9. The number of rotatable bonds is 8. The lowest BCUT2D eigenvalue weighted by molar-refractivity contribution is 0.661. The molecule has 0 atom stereocenters. The molecule has 0 aliphatic heterocycles. The third-order valence-corrected chi connectivity index (χ3v) is 21.5. The predicted octanol–water partition coefficient (Wildman–Crippen LogP) is 25.9. The summed E-state index contributed by atoms with van der Waals surface area (Å²) in [4.78, 5) is 5.09. The number of fused-ring (bicyclic) bond motifs is 23. The van der Waals surface area contributed by atoms with E-state index in [1.54, 1.807) is 0 Å². The molecule has 0 saturated heterocycles. The van der Waals surface area contributed by atoms with Crippen molar-refractivity contribution in [1.29, 1.82) is 0 Å². The van der Waals surface area contributed by atoms with Gasteiger partial charge in [-0.3, -0.25) is 0 Å². The summed E-state index contributed by atoms with van der Waals surface area (Å²) in [6.07, 6.45) is 0. The first-order chi connectivity index (χ1) is 44.8. The van der Waals surface area contributed by atoms with E-state index in [9.17, 15) is 0 Å². The molecule has 0 radical (unpaired) electrons. The minimum absolute atomic E-state index is 0.217. The summed E-state index contributed by atoms with van der Waals surface area (Å²) in [5.41, 5.74) is 19.7. The molecule has 0 amide bonds. The molecular weight excluding hydrogens is 1110 g/mol. The summed E-state index contributed by atoms with van der Waals surface area (Å²) in [6.45, 7) is 18.8. The third kappa shape index (κ3) is 7.86. The Kier molecular flexibility index (Phi) is 11.8. The van der Waals surface area contributed by atoms with Crippen LogP contribution < -0.4 is 9.80 Å². The molecule has 0 fully saturated rings. The van der Waals surface area contributed by atoms with Crippen molar-refractivity contribution in [1.82, 2.24) is 0 Å². The van der Waals surface area contributed by atoms with Crippen molar-refractivity contribution in [3.05, 3.63) is 300 Å². The fourth-order valence-corrected chi connectivity index (χ4v) is 16.7. The normalized spacial score (nSPS) is 13.8. The summed E-state index contributed by atoms with van der Waals surface area (Å²) < 4.78 is 0. The predicted molar refractivity (Wildman–Crippen MR) is 397 cm³/mol. The molecule has 0 spiro atoms. The smallest absolute Gasteiger partial charge is 0.0546 e. The van der Waals surface area contributed by atoms with Gasteiger partial charge in [-0.05, 0) is 239 Å². The highest BCUT2D eigenvalue weighted by Crippen LogP contribution is 2.57. The molecule has 0 unspecified atom stereocenters. The Balaban J connectivity index is 0.853. The molecule has 0 N–H and O–H groups in total. The molecule has 2 heteroatoms. The van der Waals surface area contributed by atoms with Crippen LogP contribution in [-0.4, -0.2) is 0 Å². The first-order valence-corrected chi connectivity index (χ1v) is 33.0. The van der Waals surface area contributed by atoms with Crippen molar-refractivity contribution in [3.8, 4) is 22.3 Å². The van der Waals surface area contributed by atoms with Crippen molar-refractivity contribution < 1.29 is 0 Å². The van der Waals surface area contributed by atoms with Crippen LogP contribution in [0.15, 0.2) is 267 Å². The van der Waals surface area contributed by atoms with E-state index in [0.717, 1.165) is 34.1 Å². The molecule has 18 rings (SSSR count). The van der Waals surface area contributed by atoms with Gasteiger partial charge in [-0.2, -0.15) is 0 Å². The van der Waals surface area contributed by atoms with Crippen LogP contribution in [0.4, 0.5) is 34.1 Å². The second kappa shape index (κ2) is 20.0. The highest BCUT2D eigenvalue weighted by molar-refractivity contribution is 6.29. The number of anilines is 6. The van der Waals surface area contributed by atoms with Crippen LogP contribution in [0.2, 0.25) is 0 Å². The molecule has 2 nitrogen and oxygen atoms in total. The van der Waals surface area contributed by atoms with E-state index in [4.69, 9.17) is 0 Å². The maximum absolute atomic E-state index is 2.55. The maximum Gasteiger partial charge on any atom is 0.0546 e. The van der Waals surface area contributed by atoms with Crippen LogP contribution >= 0.6 is 0 Å². The fourth-order valence-electron chi connectivity index (χ4n) is 16.7. The zero-order valence-electron chi connectivity index (χ0n) is 53.5. The van der Waals surface area contributed by atoms with E-state index in [-0.39, 0.29) is 10.8 Å². The Morgan fingerprint density at radius 1 is 0.217 bits per heavy atom. The Bertz CT molecular complexity index is 5460. The van der Waals surface area contributed by atoms with Gasteiger partial charge in [0.25, 0.3) is 0 Å². The number of benzene rings is 16. The van der Waals surface area contributed by atoms with Gasteiger partial charge in [-0.1, -0.05) is 237 Å². The summed E-state index contributed by atoms with van der Waals surface area (Å²) >= 11 is 0. The van der Waals surface area contributed by atoms with E-state index in [0.29, 0.717) is 11.8 Å². The lowest BCUT2D eigenvalue weighted by Crippen LogP contribution is -2.16. The Hall–Kier alpha value is -10.5. The van der Waals surface area contributed by atoms with E-state index in [1.165, 1.54) is 153 Å². The Morgan fingerprint density at radius 3 is 0.761 bits per heavy atom. The molecule has 0 bridgehead atoms. The highest BCUT2D eigenvalue weighted by atomic mass is 15.2. The zero-order chi connectivity index (χ0) is 62.1. The molecule has 16 aromatic rings. The van der Waals surface area contributed by atoms with Crippen molar-refractivity contribution in [2.75, 3.05) is 9.80 Å². The molecule has 0 saturated carbocycles. The topological polar surface area (TPSA) is 6.48 Å². The average Bonchev–Trinajstić information content (AvgIpc) is 1.42. The first-order valence-electron chi connectivity index (χ1n) is 33.0. The third-order valence-electron chi connectivity index (χ3n) is 21.5. The Morgan fingerprint density at radius 2 is 0.457 bits per heavy atom. The standard InChI is InChI=1S/C90H70N2/c1-53(2)55-33-37-57(38-34-55)91(59-41-43-83-79(45-59)81-47-73-65-25-13-9-21-61(65)63-23-11-15-27-67(63)75(73)49-85(81)89(83,5)6)87-51-77-70-30-18-20-32-72(70)88(52-78(77)69-29-17-19-31-71(69)87)92(58-39-35-56(36-40-58)54(3)4)60-42-44-84-80(46-60)82-48-74-66-26-14-10-22-62(66)64-24-12-16-28-68(64)76(74)50-86(82)90(84,7)8/h9-54H,1-8H3. The van der Waals surface area contributed by atoms with Gasteiger partial charge in [0.2, 0.25) is 0 Å². The van der Waals surface area contributed by atoms with Gasteiger partial charge in [-0.15, -0.1) is 0 Å². The largest absolute Gasteiger partial charge is 0.310 e. The van der Waals surface area contributed by atoms with Crippen molar-refractivity contribution >= 4 is 131 Å². The van der Waals surface area contributed by atoms with Crippen LogP contribution in [0, 0.1) is 0 Å². The lowest BCUT2D eigenvalue weighted by Gasteiger charge is -2.31. The van der Waals surface area contributed by atoms with E-state index in [1.807, 2.05) is 0 Å². The van der Waals surface area contributed by atoms with Gasteiger partial charge < -0.3 is 9.80 Å². The van der Waals surface area contributed by atoms with Crippen molar-refractivity contribution in [2.45, 2.75) is 78.1 Å². The minimum atomic E-state index is -0.217. The monoisotopic (exact) mass is 1180 g/mol.